The van der Waals surface area contributed by atoms with E-state index in [1.165, 1.54) is 11.1 Å². The smallest absolute Gasteiger partial charge is 0.124 e. The molecular formula is C18H20N2. The molecule has 1 unspecified atom stereocenters. The molecule has 20 heavy (non-hydrogen) atoms. The molecule has 0 amide bonds. The third-order valence-corrected chi connectivity index (χ3v) is 3.61. The first-order chi connectivity index (χ1) is 9.76. The summed E-state index contributed by atoms with van der Waals surface area (Å²) in [5.74, 6) is 0. The fourth-order valence-electron chi connectivity index (χ4n) is 2.45. The summed E-state index contributed by atoms with van der Waals surface area (Å²) < 4.78 is 0. The van der Waals surface area contributed by atoms with Crippen molar-refractivity contribution in [3.63, 3.8) is 0 Å². The van der Waals surface area contributed by atoms with E-state index in [4.69, 9.17) is 0 Å². The van der Waals surface area contributed by atoms with E-state index in [2.05, 4.69) is 49.1 Å². The Kier molecular flexibility index (Phi) is 4.92. The third-order valence-electron chi connectivity index (χ3n) is 3.61. The number of hydrogen-bond donors (Lipinski definition) is 0. The number of hydrogen-bond acceptors (Lipinski definition) is 2. The van der Waals surface area contributed by atoms with Crippen LogP contribution in [0.1, 0.15) is 29.7 Å². The quantitative estimate of drug-likeness (QED) is 0.813. The van der Waals surface area contributed by atoms with Gasteiger partial charge in [-0.05, 0) is 30.2 Å². The zero-order valence-corrected chi connectivity index (χ0v) is 12.1. The van der Waals surface area contributed by atoms with Gasteiger partial charge >= 0.3 is 0 Å². The Morgan fingerprint density at radius 2 is 1.70 bits per heavy atom. The van der Waals surface area contributed by atoms with Gasteiger partial charge in [-0.2, -0.15) is 5.26 Å². The lowest BCUT2D eigenvalue weighted by molar-refractivity contribution is 0.239. The molecule has 0 aliphatic carbocycles. The van der Waals surface area contributed by atoms with Gasteiger partial charge in [-0.1, -0.05) is 61.5 Å². The highest BCUT2D eigenvalue weighted by atomic mass is 15.1. The molecule has 0 aliphatic rings. The van der Waals surface area contributed by atoms with Crippen LogP contribution in [0.5, 0.6) is 0 Å². The van der Waals surface area contributed by atoms with Gasteiger partial charge in [0.1, 0.15) is 6.04 Å². The van der Waals surface area contributed by atoms with Crippen LogP contribution in [0.3, 0.4) is 0 Å². The molecule has 0 aliphatic heterocycles. The van der Waals surface area contributed by atoms with Gasteiger partial charge in [-0.15, -0.1) is 0 Å². The van der Waals surface area contributed by atoms with E-state index < -0.39 is 0 Å². The number of nitrogens with zero attached hydrogens (tertiary/aromatic N) is 2. The lowest BCUT2D eigenvalue weighted by Gasteiger charge is -2.27. The van der Waals surface area contributed by atoms with E-state index in [0.29, 0.717) is 0 Å². The standard InChI is InChI=1S/C18H20N2/c1-3-20(14-16-10-5-4-6-11-16)18(13-19)17-12-8-7-9-15(17)2/h4-12,18H,3,14H2,1-2H3. The summed E-state index contributed by atoms with van der Waals surface area (Å²) in [6.07, 6.45) is 0. The molecule has 2 rings (SSSR count). The molecule has 2 heteroatoms. The molecule has 0 saturated carbocycles. The van der Waals surface area contributed by atoms with E-state index in [1.54, 1.807) is 0 Å². The number of rotatable bonds is 5. The molecule has 102 valence electrons. The van der Waals surface area contributed by atoms with Crippen LogP contribution in [0.15, 0.2) is 54.6 Å². The summed E-state index contributed by atoms with van der Waals surface area (Å²) in [7, 11) is 0. The second kappa shape index (κ2) is 6.88. The monoisotopic (exact) mass is 264 g/mol. The average Bonchev–Trinajstić information content (AvgIpc) is 2.49. The highest BCUT2D eigenvalue weighted by Gasteiger charge is 2.20. The van der Waals surface area contributed by atoms with Crippen molar-refractivity contribution in [1.29, 1.82) is 5.26 Å². The fourth-order valence-corrected chi connectivity index (χ4v) is 2.45. The minimum absolute atomic E-state index is 0.193. The Labute approximate surface area is 121 Å². The number of aryl methyl sites for hydroxylation is 1. The highest BCUT2D eigenvalue weighted by Crippen LogP contribution is 2.24. The maximum atomic E-state index is 9.59. The Morgan fingerprint density at radius 1 is 1.05 bits per heavy atom. The third kappa shape index (κ3) is 3.26. The zero-order chi connectivity index (χ0) is 14.4. The lowest BCUT2D eigenvalue weighted by Crippen LogP contribution is -2.27. The van der Waals surface area contributed by atoms with Gasteiger partial charge in [0.05, 0.1) is 6.07 Å². The summed E-state index contributed by atoms with van der Waals surface area (Å²) >= 11 is 0. The Bertz CT molecular complexity index is 584. The first-order valence-corrected chi connectivity index (χ1v) is 6.99. The van der Waals surface area contributed by atoms with Crippen LogP contribution in [0, 0.1) is 18.3 Å². The van der Waals surface area contributed by atoms with E-state index in [-0.39, 0.29) is 6.04 Å². The van der Waals surface area contributed by atoms with Crippen molar-refractivity contribution in [2.75, 3.05) is 6.54 Å². The van der Waals surface area contributed by atoms with Crippen molar-refractivity contribution >= 4 is 0 Å². The molecule has 2 aromatic rings. The minimum atomic E-state index is -0.193. The van der Waals surface area contributed by atoms with Gasteiger partial charge in [0.2, 0.25) is 0 Å². The molecule has 1 atom stereocenters. The molecule has 0 N–H and O–H groups in total. The topological polar surface area (TPSA) is 27.0 Å². The minimum Gasteiger partial charge on any atom is -0.280 e. The maximum absolute atomic E-state index is 9.59. The largest absolute Gasteiger partial charge is 0.280 e. The predicted molar refractivity (Wildman–Crippen MR) is 82.1 cm³/mol. The molecule has 2 aromatic carbocycles. The summed E-state index contributed by atoms with van der Waals surface area (Å²) in [6.45, 7) is 5.81. The van der Waals surface area contributed by atoms with Crippen LogP contribution in [-0.4, -0.2) is 11.4 Å². The summed E-state index contributed by atoms with van der Waals surface area (Å²) in [5.41, 5.74) is 3.52. The summed E-state index contributed by atoms with van der Waals surface area (Å²) in [4.78, 5) is 2.21. The van der Waals surface area contributed by atoms with Crippen molar-refractivity contribution in [3.05, 3.63) is 71.3 Å². The zero-order valence-electron chi connectivity index (χ0n) is 12.1. The van der Waals surface area contributed by atoms with Gasteiger partial charge in [-0.25, -0.2) is 0 Å². The second-order valence-corrected chi connectivity index (χ2v) is 4.94. The van der Waals surface area contributed by atoms with E-state index >= 15 is 0 Å². The first-order valence-electron chi connectivity index (χ1n) is 6.99. The SMILES string of the molecule is CCN(Cc1ccccc1)C(C#N)c1ccccc1C. The second-order valence-electron chi connectivity index (χ2n) is 4.94. The van der Waals surface area contributed by atoms with E-state index in [0.717, 1.165) is 18.7 Å². The molecule has 0 fully saturated rings. The molecule has 0 heterocycles. The van der Waals surface area contributed by atoms with Crippen molar-refractivity contribution in [2.24, 2.45) is 0 Å². The van der Waals surface area contributed by atoms with Gasteiger partial charge in [0.15, 0.2) is 0 Å². The highest BCUT2D eigenvalue weighted by molar-refractivity contribution is 5.32. The molecule has 0 spiro atoms. The number of benzene rings is 2. The fraction of sp³-hybridized carbons (Fsp3) is 0.278. The molecule has 2 nitrogen and oxygen atoms in total. The van der Waals surface area contributed by atoms with Crippen molar-refractivity contribution in [1.82, 2.24) is 4.90 Å². The molecule has 0 radical (unpaired) electrons. The van der Waals surface area contributed by atoms with Crippen molar-refractivity contribution in [3.8, 4) is 6.07 Å². The lowest BCUT2D eigenvalue weighted by atomic mass is 10.0. The maximum Gasteiger partial charge on any atom is 0.124 e. The Hall–Kier alpha value is -2.11. The summed E-state index contributed by atoms with van der Waals surface area (Å²) in [6, 6.07) is 20.7. The summed E-state index contributed by atoms with van der Waals surface area (Å²) in [5, 5.41) is 9.59. The predicted octanol–water partition coefficient (Wildman–Crippen LogP) is 4.08. The van der Waals surface area contributed by atoms with Gasteiger partial charge < -0.3 is 0 Å². The van der Waals surface area contributed by atoms with Gasteiger partial charge in [0, 0.05) is 6.54 Å². The van der Waals surface area contributed by atoms with Crippen LogP contribution in [0.25, 0.3) is 0 Å². The normalized spacial score (nSPS) is 12.1. The molecule has 0 aromatic heterocycles. The number of nitriles is 1. The van der Waals surface area contributed by atoms with E-state index in [1.807, 2.05) is 30.3 Å². The Balaban J connectivity index is 2.25. The van der Waals surface area contributed by atoms with Crippen LogP contribution in [-0.2, 0) is 6.54 Å². The first kappa shape index (κ1) is 14.3. The average molecular weight is 264 g/mol. The van der Waals surface area contributed by atoms with Crippen molar-refractivity contribution < 1.29 is 0 Å². The van der Waals surface area contributed by atoms with Crippen LogP contribution >= 0.6 is 0 Å². The van der Waals surface area contributed by atoms with Crippen LogP contribution in [0.4, 0.5) is 0 Å². The van der Waals surface area contributed by atoms with Gasteiger partial charge in [-0.3, -0.25) is 4.90 Å². The van der Waals surface area contributed by atoms with E-state index in [9.17, 15) is 5.26 Å². The Morgan fingerprint density at radius 3 is 2.30 bits per heavy atom. The molecule has 0 saturated heterocycles. The van der Waals surface area contributed by atoms with Gasteiger partial charge in [0.25, 0.3) is 0 Å². The molecular weight excluding hydrogens is 244 g/mol. The van der Waals surface area contributed by atoms with Crippen molar-refractivity contribution in [2.45, 2.75) is 26.4 Å². The molecule has 0 bridgehead atoms. The van der Waals surface area contributed by atoms with Crippen LogP contribution in [0.2, 0.25) is 0 Å². The van der Waals surface area contributed by atoms with Crippen LogP contribution < -0.4 is 0 Å².